The molecule has 1 aliphatic rings. The average Bonchev–Trinajstić information content (AvgIpc) is 3.22. The molecule has 3 nitrogen and oxygen atoms in total. The fourth-order valence-corrected chi connectivity index (χ4v) is 1.93. The summed E-state index contributed by atoms with van der Waals surface area (Å²) in [4.78, 5) is 0. The summed E-state index contributed by atoms with van der Waals surface area (Å²) in [5.74, 6) is 0.387. The molecular weight excluding hydrogens is 264 g/mol. The van der Waals surface area contributed by atoms with Crippen LogP contribution in [-0.2, 0) is 0 Å². The third-order valence-electron chi connectivity index (χ3n) is 3.09. The number of benzene rings is 1. The van der Waals surface area contributed by atoms with E-state index in [2.05, 4.69) is 10.1 Å². The van der Waals surface area contributed by atoms with Crippen molar-refractivity contribution in [3.8, 4) is 11.5 Å². The maximum atomic E-state index is 12.5. The van der Waals surface area contributed by atoms with Crippen LogP contribution in [0.5, 0.6) is 11.5 Å². The van der Waals surface area contributed by atoms with Gasteiger partial charge in [-0.2, -0.15) is 8.78 Å². The van der Waals surface area contributed by atoms with E-state index in [9.17, 15) is 8.78 Å². The summed E-state index contributed by atoms with van der Waals surface area (Å²) < 4.78 is 34.7. The van der Waals surface area contributed by atoms with E-state index in [1.807, 2.05) is 13.0 Å². The number of alkyl halides is 2. The van der Waals surface area contributed by atoms with Gasteiger partial charge in [0.1, 0.15) is 0 Å². The van der Waals surface area contributed by atoms with Crippen molar-refractivity contribution in [2.75, 3.05) is 13.7 Å². The number of hydrogen-bond acceptors (Lipinski definition) is 3. The normalized spacial score (nSPS) is 15.6. The second kappa shape index (κ2) is 6.70. The van der Waals surface area contributed by atoms with Gasteiger partial charge in [-0.15, -0.1) is 0 Å². The fraction of sp³-hybridized carbons (Fsp3) is 0.467. The summed E-state index contributed by atoms with van der Waals surface area (Å²) in [5.41, 5.74) is 1.66. The number of rotatable bonds is 7. The molecule has 1 aliphatic carbocycles. The first-order valence-electron chi connectivity index (χ1n) is 6.62. The molecule has 0 atom stereocenters. The summed E-state index contributed by atoms with van der Waals surface area (Å²) in [6, 6.07) is 5.71. The fourth-order valence-electron chi connectivity index (χ4n) is 1.93. The van der Waals surface area contributed by atoms with E-state index in [4.69, 9.17) is 4.74 Å². The summed E-state index contributed by atoms with van der Waals surface area (Å²) in [6.07, 6.45) is 4.27. The molecule has 0 aromatic heterocycles. The molecule has 1 fully saturated rings. The van der Waals surface area contributed by atoms with E-state index in [1.54, 1.807) is 18.2 Å². The average molecular weight is 283 g/mol. The molecule has 0 radical (unpaired) electrons. The van der Waals surface area contributed by atoms with Crippen LogP contribution in [0, 0.1) is 0 Å². The minimum atomic E-state index is -2.87. The lowest BCUT2D eigenvalue weighted by Gasteiger charge is -2.13. The molecule has 0 unspecified atom stereocenters. The molecule has 110 valence electrons. The molecule has 1 aromatic carbocycles. The smallest absolute Gasteiger partial charge is 0.387 e. The third-order valence-corrected chi connectivity index (χ3v) is 3.09. The Kier molecular flexibility index (Phi) is 4.95. The molecule has 5 heteroatoms. The lowest BCUT2D eigenvalue weighted by molar-refractivity contribution is -0.0513. The lowest BCUT2D eigenvalue weighted by Crippen LogP contribution is -2.18. The first-order chi connectivity index (χ1) is 9.60. The molecule has 20 heavy (non-hydrogen) atoms. The quantitative estimate of drug-likeness (QED) is 0.831. The van der Waals surface area contributed by atoms with Gasteiger partial charge in [-0.25, -0.2) is 0 Å². The SMILES string of the molecule is COc1cccc(C=C(C)CNC2CC2)c1OC(F)F. The van der Waals surface area contributed by atoms with Crippen molar-refractivity contribution in [3.05, 3.63) is 29.3 Å². The highest BCUT2D eigenvalue weighted by molar-refractivity contribution is 5.64. The zero-order chi connectivity index (χ0) is 14.5. The molecular formula is C15H19F2NO2. The zero-order valence-corrected chi connectivity index (χ0v) is 11.7. The van der Waals surface area contributed by atoms with E-state index in [-0.39, 0.29) is 5.75 Å². The minimum Gasteiger partial charge on any atom is -0.493 e. The number of methoxy groups -OCH3 is 1. The van der Waals surface area contributed by atoms with Crippen LogP contribution in [0.15, 0.2) is 23.8 Å². The number of nitrogens with one attached hydrogen (secondary N) is 1. The van der Waals surface area contributed by atoms with Crippen molar-refractivity contribution < 1.29 is 18.3 Å². The van der Waals surface area contributed by atoms with Gasteiger partial charge in [0, 0.05) is 18.2 Å². The van der Waals surface area contributed by atoms with E-state index in [1.165, 1.54) is 20.0 Å². The predicted octanol–water partition coefficient (Wildman–Crippen LogP) is 3.45. The predicted molar refractivity (Wildman–Crippen MR) is 74.3 cm³/mol. The van der Waals surface area contributed by atoms with Crippen LogP contribution in [0.25, 0.3) is 6.08 Å². The second-order valence-electron chi connectivity index (χ2n) is 4.90. The van der Waals surface area contributed by atoms with Gasteiger partial charge in [0.25, 0.3) is 0 Å². The first kappa shape index (κ1) is 14.8. The number of ether oxygens (including phenoxy) is 2. The Morgan fingerprint density at radius 1 is 1.45 bits per heavy atom. The molecule has 0 saturated heterocycles. The van der Waals surface area contributed by atoms with Crippen LogP contribution in [-0.4, -0.2) is 26.3 Å². The molecule has 1 aromatic rings. The van der Waals surface area contributed by atoms with Gasteiger partial charge >= 0.3 is 6.61 Å². The summed E-state index contributed by atoms with van der Waals surface area (Å²) in [7, 11) is 1.43. The van der Waals surface area contributed by atoms with E-state index in [0.717, 1.165) is 12.1 Å². The Morgan fingerprint density at radius 3 is 2.80 bits per heavy atom. The monoisotopic (exact) mass is 283 g/mol. The van der Waals surface area contributed by atoms with Crippen molar-refractivity contribution in [1.29, 1.82) is 0 Å². The minimum absolute atomic E-state index is 0.0794. The van der Waals surface area contributed by atoms with Crippen LogP contribution in [0.3, 0.4) is 0 Å². The Labute approximate surface area is 117 Å². The molecule has 1 saturated carbocycles. The topological polar surface area (TPSA) is 30.5 Å². The van der Waals surface area contributed by atoms with Crippen molar-refractivity contribution in [3.63, 3.8) is 0 Å². The molecule has 0 heterocycles. The largest absolute Gasteiger partial charge is 0.493 e. The highest BCUT2D eigenvalue weighted by Crippen LogP contribution is 2.33. The van der Waals surface area contributed by atoms with Gasteiger partial charge < -0.3 is 14.8 Å². The van der Waals surface area contributed by atoms with Gasteiger partial charge in [-0.1, -0.05) is 23.8 Å². The van der Waals surface area contributed by atoms with Gasteiger partial charge in [-0.05, 0) is 25.8 Å². The van der Waals surface area contributed by atoms with Crippen molar-refractivity contribution in [2.45, 2.75) is 32.4 Å². The van der Waals surface area contributed by atoms with Crippen molar-refractivity contribution in [1.82, 2.24) is 5.32 Å². The summed E-state index contributed by atoms with van der Waals surface area (Å²) in [5, 5.41) is 3.38. The Bertz CT molecular complexity index is 485. The van der Waals surface area contributed by atoms with Gasteiger partial charge in [-0.3, -0.25) is 0 Å². The van der Waals surface area contributed by atoms with Crippen LogP contribution >= 0.6 is 0 Å². The Hall–Kier alpha value is -1.62. The van der Waals surface area contributed by atoms with Gasteiger partial charge in [0.15, 0.2) is 11.5 Å². The zero-order valence-electron chi connectivity index (χ0n) is 11.7. The molecule has 0 spiro atoms. The standard InChI is InChI=1S/C15H19F2NO2/c1-10(9-18-12-6-7-12)8-11-4-3-5-13(19-2)14(11)20-15(16)17/h3-5,8,12,15,18H,6-7,9H2,1-2H3. The molecule has 0 aliphatic heterocycles. The maximum absolute atomic E-state index is 12.5. The molecule has 0 amide bonds. The second-order valence-corrected chi connectivity index (χ2v) is 4.90. The number of hydrogen-bond donors (Lipinski definition) is 1. The van der Waals surface area contributed by atoms with Crippen molar-refractivity contribution >= 4 is 6.08 Å². The van der Waals surface area contributed by atoms with E-state index in [0.29, 0.717) is 17.4 Å². The van der Waals surface area contributed by atoms with Crippen LogP contribution in [0.2, 0.25) is 0 Å². The maximum Gasteiger partial charge on any atom is 0.387 e. The number of halogens is 2. The highest BCUT2D eigenvalue weighted by Gasteiger charge is 2.20. The van der Waals surface area contributed by atoms with Crippen molar-refractivity contribution in [2.24, 2.45) is 0 Å². The lowest BCUT2D eigenvalue weighted by atomic mass is 10.1. The van der Waals surface area contributed by atoms with E-state index >= 15 is 0 Å². The molecule has 0 bridgehead atoms. The van der Waals surface area contributed by atoms with Gasteiger partial charge in [0.2, 0.25) is 0 Å². The van der Waals surface area contributed by atoms with Gasteiger partial charge in [0.05, 0.1) is 7.11 Å². The summed E-state index contributed by atoms with van der Waals surface area (Å²) in [6.45, 7) is -0.167. The first-order valence-corrected chi connectivity index (χ1v) is 6.62. The van der Waals surface area contributed by atoms with Crippen LogP contribution in [0.1, 0.15) is 25.3 Å². The third kappa shape index (κ3) is 4.20. The molecule has 1 N–H and O–H groups in total. The summed E-state index contributed by atoms with van der Waals surface area (Å²) >= 11 is 0. The Balaban J connectivity index is 2.17. The van der Waals surface area contributed by atoms with Crippen LogP contribution in [0.4, 0.5) is 8.78 Å². The Morgan fingerprint density at radius 2 is 2.20 bits per heavy atom. The number of para-hydroxylation sites is 1. The van der Waals surface area contributed by atoms with E-state index < -0.39 is 6.61 Å². The van der Waals surface area contributed by atoms with Crippen LogP contribution < -0.4 is 14.8 Å². The highest BCUT2D eigenvalue weighted by atomic mass is 19.3. The molecule has 2 rings (SSSR count).